The number of nitrogens with zero attached hydrogens (tertiary/aromatic N) is 1. The van der Waals surface area contributed by atoms with Crippen LogP contribution in [0.2, 0.25) is 5.02 Å². The minimum absolute atomic E-state index is 0.155. The second kappa shape index (κ2) is 7.24. The van der Waals surface area contributed by atoms with Crippen molar-refractivity contribution in [2.24, 2.45) is 5.10 Å². The third-order valence-corrected chi connectivity index (χ3v) is 3.93. The van der Waals surface area contributed by atoms with Crippen molar-refractivity contribution in [2.75, 3.05) is 7.11 Å². The molecule has 4 nitrogen and oxygen atoms in total. The highest BCUT2D eigenvalue weighted by Gasteiger charge is 2.08. The third kappa shape index (κ3) is 4.31. The number of hydrogen-bond donors (Lipinski definition) is 1. The molecule has 2 aromatic rings. The molecule has 0 aliphatic heterocycles. The Morgan fingerprint density at radius 1 is 1.43 bits per heavy atom. The van der Waals surface area contributed by atoms with Crippen LogP contribution in [0.5, 0.6) is 5.75 Å². The summed E-state index contributed by atoms with van der Waals surface area (Å²) in [6, 6.07) is 9.10. The topological polar surface area (TPSA) is 50.7 Å². The van der Waals surface area contributed by atoms with E-state index in [9.17, 15) is 4.79 Å². The van der Waals surface area contributed by atoms with Crippen molar-refractivity contribution < 1.29 is 9.53 Å². The fourth-order valence-electron chi connectivity index (χ4n) is 1.78. The Morgan fingerprint density at radius 2 is 2.24 bits per heavy atom. The predicted molar refractivity (Wildman–Crippen MR) is 86.4 cm³/mol. The molecular formula is C15H15ClN2O2S. The first-order valence-corrected chi connectivity index (χ1v) is 7.55. The lowest BCUT2D eigenvalue weighted by atomic mass is 10.1. The van der Waals surface area contributed by atoms with Crippen LogP contribution in [0.1, 0.15) is 17.4 Å². The van der Waals surface area contributed by atoms with Crippen LogP contribution in [0.25, 0.3) is 0 Å². The Hall–Kier alpha value is -1.85. The Labute approximate surface area is 132 Å². The van der Waals surface area contributed by atoms with Crippen molar-refractivity contribution in [1.82, 2.24) is 5.43 Å². The van der Waals surface area contributed by atoms with Crippen molar-refractivity contribution in [3.63, 3.8) is 0 Å². The van der Waals surface area contributed by atoms with Gasteiger partial charge in [-0.15, -0.1) is 11.3 Å². The third-order valence-electron chi connectivity index (χ3n) is 2.81. The van der Waals surface area contributed by atoms with Gasteiger partial charge in [-0.2, -0.15) is 5.10 Å². The summed E-state index contributed by atoms with van der Waals surface area (Å²) in [5.74, 6) is 0.506. The summed E-state index contributed by atoms with van der Waals surface area (Å²) in [5.41, 5.74) is 3.93. The van der Waals surface area contributed by atoms with Gasteiger partial charge in [0.1, 0.15) is 5.75 Å². The van der Waals surface area contributed by atoms with Gasteiger partial charge in [-0.1, -0.05) is 17.7 Å². The summed E-state index contributed by atoms with van der Waals surface area (Å²) >= 11 is 7.52. The molecule has 110 valence electrons. The zero-order valence-corrected chi connectivity index (χ0v) is 13.3. The summed E-state index contributed by atoms with van der Waals surface area (Å²) in [6.45, 7) is 1.79. The van der Waals surface area contributed by atoms with E-state index in [0.717, 1.165) is 10.4 Å². The number of carbonyl (C=O) groups excluding carboxylic acids is 1. The normalized spacial score (nSPS) is 11.3. The molecule has 0 fully saturated rings. The highest BCUT2D eigenvalue weighted by molar-refractivity contribution is 7.10. The van der Waals surface area contributed by atoms with Crippen LogP contribution < -0.4 is 10.2 Å². The molecule has 21 heavy (non-hydrogen) atoms. The van der Waals surface area contributed by atoms with Gasteiger partial charge < -0.3 is 4.74 Å². The number of amides is 1. The maximum Gasteiger partial charge on any atom is 0.245 e. The summed E-state index contributed by atoms with van der Waals surface area (Å²) < 4.78 is 5.26. The highest BCUT2D eigenvalue weighted by atomic mass is 35.5. The van der Waals surface area contributed by atoms with E-state index in [-0.39, 0.29) is 5.91 Å². The molecule has 0 saturated heterocycles. The number of carbonyl (C=O) groups is 1. The fourth-order valence-corrected chi connectivity index (χ4v) is 2.66. The minimum atomic E-state index is -0.155. The molecule has 2 rings (SSSR count). The second-order valence-corrected chi connectivity index (χ2v) is 5.80. The maximum absolute atomic E-state index is 11.8. The van der Waals surface area contributed by atoms with Crippen LogP contribution in [0.3, 0.4) is 0 Å². The SMILES string of the molecule is COc1ccc(Cl)cc1/C(C)=N\NC(=O)Cc1cccs1. The molecular weight excluding hydrogens is 308 g/mol. The molecule has 0 aliphatic carbocycles. The van der Waals surface area contributed by atoms with E-state index >= 15 is 0 Å². The minimum Gasteiger partial charge on any atom is -0.496 e. The van der Waals surface area contributed by atoms with Crippen molar-refractivity contribution in [3.05, 3.63) is 51.2 Å². The number of ether oxygens (including phenoxy) is 1. The fraction of sp³-hybridized carbons (Fsp3) is 0.200. The number of methoxy groups -OCH3 is 1. The van der Waals surface area contributed by atoms with Gasteiger partial charge in [0.05, 0.1) is 19.2 Å². The molecule has 0 atom stereocenters. The second-order valence-electron chi connectivity index (χ2n) is 4.33. The molecule has 0 spiro atoms. The summed E-state index contributed by atoms with van der Waals surface area (Å²) in [5, 5.41) is 6.63. The molecule has 1 aromatic heterocycles. The number of hydrogen-bond acceptors (Lipinski definition) is 4. The standard InChI is InChI=1S/C15H15ClN2O2S/c1-10(13-8-11(16)5-6-14(13)20-2)17-18-15(19)9-12-4-3-7-21-12/h3-8H,9H2,1-2H3,(H,18,19)/b17-10-. The summed E-state index contributed by atoms with van der Waals surface area (Å²) in [7, 11) is 1.58. The van der Waals surface area contributed by atoms with Crippen molar-refractivity contribution in [3.8, 4) is 5.75 Å². The number of nitrogens with one attached hydrogen (secondary N) is 1. The lowest BCUT2D eigenvalue weighted by Gasteiger charge is -2.08. The largest absolute Gasteiger partial charge is 0.496 e. The van der Waals surface area contributed by atoms with E-state index in [1.807, 2.05) is 17.5 Å². The molecule has 0 saturated carbocycles. The van der Waals surface area contributed by atoms with Gasteiger partial charge in [0.15, 0.2) is 0 Å². The van der Waals surface area contributed by atoms with Gasteiger partial charge in [-0.3, -0.25) is 4.79 Å². The molecule has 0 radical (unpaired) electrons. The average molecular weight is 323 g/mol. The van der Waals surface area contributed by atoms with Gasteiger partial charge in [-0.05, 0) is 36.6 Å². The van der Waals surface area contributed by atoms with Gasteiger partial charge in [0, 0.05) is 15.5 Å². The summed E-state index contributed by atoms with van der Waals surface area (Å²) in [6.07, 6.45) is 0.321. The van der Waals surface area contributed by atoms with Crippen LogP contribution in [-0.4, -0.2) is 18.7 Å². The first-order valence-electron chi connectivity index (χ1n) is 6.29. The van der Waals surface area contributed by atoms with Crippen LogP contribution in [-0.2, 0) is 11.2 Å². The zero-order valence-electron chi connectivity index (χ0n) is 11.7. The monoisotopic (exact) mass is 322 g/mol. The van der Waals surface area contributed by atoms with E-state index < -0.39 is 0 Å². The van der Waals surface area contributed by atoms with Gasteiger partial charge in [0.25, 0.3) is 0 Å². The van der Waals surface area contributed by atoms with E-state index in [2.05, 4.69) is 10.5 Å². The first kappa shape index (κ1) is 15.5. The Kier molecular flexibility index (Phi) is 5.36. The van der Waals surface area contributed by atoms with Gasteiger partial charge in [-0.25, -0.2) is 5.43 Å². The molecule has 1 aromatic carbocycles. The molecule has 1 N–H and O–H groups in total. The maximum atomic E-state index is 11.8. The number of benzene rings is 1. The van der Waals surface area contributed by atoms with Crippen molar-refractivity contribution in [1.29, 1.82) is 0 Å². The molecule has 1 heterocycles. The molecule has 0 aliphatic rings. The van der Waals surface area contributed by atoms with Gasteiger partial charge in [0.2, 0.25) is 5.91 Å². The van der Waals surface area contributed by atoms with Crippen LogP contribution in [0, 0.1) is 0 Å². The van der Waals surface area contributed by atoms with E-state index in [1.54, 1.807) is 43.6 Å². The molecule has 0 bridgehead atoms. The lowest BCUT2D eigenvalue weighted by Crippen LogP contribution is -2.21. The Balaban J connectivity index is 2.07. The molecule has 1 amide bonds. The molecule has 6 heteroatoms. The van der Waals surface area contributed by atoms with Crippen molar-refractivity contribution >= 4 is 34.6 Å². The lowest BCUT2D eigenvalue weighted by molar-refractivity contribution is -0.120. The number of hydrazone groups is 1. The predicted octanol–water partition coefficient (Wildman–Crippen LogP) is 3.49. The first-order chi connectivity index (χ1) is 10.1. The van der Waals surface area contributed by atoms with E-state index in [4.69, 9.17) is 16.3 Å². The smallest absolute Gasteiger partial charge is 0.245 e. The van der Waals surface area contributed by atoms with Crippen LogP contribution in [0.15, 0.2) is 40.8 Å². The van der Waals surface area contributed by atoms with E-state index in [1.165, 1.54) is 0 Å². The van der Waals surface area contributed by atoms with Crippen LogP contribution >= 0.6 is 22.9 Å². The molecule has 0 unspecified atom stereocenters. The number of thiophene rings is 1. The van der Waals surface area contributed by atoms with Crippen LogP contribution in [0.4, 0.5) is 0 Å². The Morgan fingerprint density at radius 3 is 2.90 bits per heavy atom. The number of rotatable bonds is 5. The quantitative estimate of drug-likeness (QED) is 0.676. The Bertz CT molecular complexity index is 654. The average Bonchev–Trinajstić information content (AvgIpc) is 2.97. The van der Waals surface area contributed by atoms with Crippen molar-refractivity contribution in [2.45, 2.75) is 13.3 Å². The van der Waals surface area contributed by atoms with E-state index in [0.29, 0.717) is 22.9 Å². The summed E-state index contributed by atoms with van der Waals surface area (Å²) in [4.78, 5) is 12.8. The zero-order chi connectivity index (χ0) is 15.2. The number of halogens is 1. The highest BCUT2D eigenvalue weighted by Crippen LogP contribution is 2.23. The van der Waals surface area contributed by atoms with Gasteiger partial charge >= 0.3 is 0 Å².